The number of pyridine rings is 1. The lowest BCUT2D eigenvalue weighted by molar-refractivity contribution is -0.137. The van der Waals surface area contributed by atoms with Crippen LogP contribution in [0.2, 0.25) is 0 Å². The molecule has 0 unspecified atom stereocenters. The van der Waals surface area contributed by atoms with Crippen molar-refractivity contribution in [3.63, 3.8) is 0 Å². The van der Waals surface area contributed by atoms with E-state index in [0.717, 1.165) is 11.3 Å². The van der Waals surface area contributed by atoms with E-state index in [4.69, 9.17) is 10.8 Å². The maximum absolute atomic E-state index is 10.3. The smallest absolute Gasteiger partial charge is 0.303 e. The molecule has 0 bridgehead atoms. The molecule has 4 heteroatoms. The van der Waals surface area contributed by atoms with E-state index in [1.54, 1.807) is 6.20 Å². The monoisotopic (exact) mass is 194 g/mol. The molecular formula is C10H14N2O2. The van der Waals surface area contributed by atoms with Crippen LogP contribution in [0, 0.1) is 6.92 Å². The number of aliphatic carboxylic acids is 1. The van der Waals surface area contributed by atoms with Gasteiger partial charge in [-0.2, -0.15) is 0 Å². The van der Waals surface area contributed by atoms with Gasteiger partial charge < -0.3 is 10.8 Å². The summed E-state index contributed by atoms with van der Waals surface area (Å²) in [6, 6.07) is 3.49. The lowest BCUT2D eigenvalue weighted by Gasteiger charge is -2.10. The van der Waals surface area contributed by atoms with Crippen molar-refractivity contribution in [3.05, 3.63) is 29.6 Å². The Hall–Kier alpha value is -1.42. The highest BCUT2D eigenvalue weighted by atomic mass is 16.4. The van der Waals surface area contributed by atoms with Crippen molar-refractivity contribution >= 4 is 5.97 Å². The SMILES string of the molecule is Cc1cc([C@H](N)CCC(=O)O)ccn1. The minimum absolute atomic E-state index is 0.0997. The minimum Gasteiger partial charge on any atom is -0.481 e. The van der Waals surface area contributed by atoms with Gasteiger partial charge in [0.15, 0.2) is 0 Å². The zero-order chi connectivity index (χ0) is 10.6. The molecule has 76 valence electrons. The molecule has 0 aliphatic rings. The topological polar surface area (TPSA) is 76.2 Å². The average molecular weight is 194 g/mol. The van der Waals surface area contributed by atoms with E-state index in [9.17, 15) is 4.79 Å². The van der Waals surface area contributed by atoms with Gasteiger partial charge in [0.05, 0.1) is 0 Å². The third-order valence-electron chi connectivity index (χ3n) is 2.02. The number of carboxylic acids is 1. The third-order valence-corrected chi connectivity index (χ3v) is 2.02. The number of carboxylic acid groups (broad SMARTS) is 1. The van der Waals surface area contributed by atoms with Gasteiger partial charge in [-0.15, -0.1) is 0 Å². The highest BCUT2D eigenvalue weighted by molar-refractivity contribution is 5.66. The molecule has 0 aliphatic carbocycles. The molecule has 0 aromatic carbocycles. The van der Waals surface area contributed by atoms with Crippen LogP contribution in [-0.4, -0.2) is 16.1 Å². The van der Waals surface area contributed by atoms with Gasteiger partial charge in [-0.25, -0.2) is 0 Å². The van der Waals surface area contributed by atoms with Crippen molar-refractivity contribution in [2.45, 2.75) is 25.8 Å². The number of hydrogen-bond acceptors (Lipinski definition) is 3. The summed E-state index contributed by atoms with van der Waals surface area (Å²) < 4.78 is 0. The summed E-state index contributed by atoms with van der Waals surface area (Å²) in [6.07, 6.45) is 2.24. The Balaban J connectivity index is 2.60. The van der Waals surface area contributed by atoms with E-state index in [2.05, 4.69) is 4.98 Å². The van der Waals surface area contributed by atoms with Crippen molar-refractivity contribution in [2.75, 3.05) is 0 Å². The largest absolute Gasteiger partial charge is 0.481 e. The molecule has 0 aliphatic heterocycles. The Morgan fingerprint density at radius 1 is 1.71 bits per heavy atom. The van der Waals surface area contributed by atoms with Crippen LogP contribution in [-0.2, 0) is 4.79 Å². The van der Waals surface area contributed by atoms with Crippen LogP contribution in [0.5, 0.6) is 0 Å². The number of nitrogens with two attached hydrogens (primary N) is 1. The normalized spacial score (nSPS) is 12.4. The van der Waals surface area contributed by atoms with Crippen molar-refractivity contribution in [1.29, 1.82) is 0 Å². The van der Waals surface area contributed by atoms with Crippen molar-refractivity contribution in [2.24, 2.45) is 5.73 Å². The van der Waals surface area contributed by atoms with Crippen molar-refractivity contribution in [3.8, 4) is 0 Å². The molecule has 1 heterocycles. The zero-order valence-corrected chi connectivity index (χ0v) is 8.10. The van der Waals surface area contributed by atoms with Crippen LogP contribution in [0.25, 0.3) is 0 Å². The first-order valence-electron chi connectivity index (χ1n) is 4.49. The molecule has 0 saturated carbocycles. The van der Waals surface area contributed by atoms with E-state index in [-0.39, 0.29) is 12.5 Å². The molecule has 0 fully saturated rings. The number of carbonyl (C=O) groups is 1. The number of hydrogen-bond donors (Lipinski definition) is 2. The summed E-state index contributed by atoms with van der Waals surface area (Å²) in [6.45, 7) is 1.88. The molecule has 0 radical (unpaired) electrons. The predicted octanol–water partition coefficient (Wildman–Crippen LogP) is 1.25. The molecule has 3 N–H and O–H groups in total. The van der Waals surface area contributed by atoms with E-state index < -0.39 is 5.97 Å². The van der Waals surface area contributed by atoms with Gasteiger partial charge in [0, 0.05) is 24.4 Å². The third kappa shape index (κ3) is 3.14. The Labute approximate surface area is 82.8 Å². The Morgan fingerprint density at radius 2 is 2.43 bits per heavy atom. The summed E-state index contributed by atoms with van der Waals surface area (Å²) in [5.41, 5.74) is 7.66. The lowest BCUT2D eigenvalue weighted by atomic mass is 10.0. The van der Waals surface area contributed by atoms with Gasteiger partial charge in [-0.1, -0.05) is 0 Å². The molecule has 1 aromatic rings. The van der Waals surface area contributed by atoms with E-state index >= 15 is 0 Å². The Kier molecular flexibility index (Phi) is 3.59. The van der Waals surface area contributed by atoms with Gasteiger partial charge in [0.25, 0.3) is 0 Å². The molecule has 1 rings (SSSR count). The molecule has 0 saturated heterocycles. The van der Waals surface area contributed by atoms with Crippen LogP contribution >= 0.6 is 0 Å². The van der Waals surface area contributed by atoms with Gasteiger partial charge in [-0.3, -0.25) is 9.78 Å². The van der Waals surface area contributed by atoms with Gasteiger partial charge >= 0.3 is 5.97 Å². The molecule has 1 atom stereocenters. The second-order valence-electron chi connectivity index (χ2n) is 3.27. The van der Waals surface area contributed by atoms with E-state index in [1.807, 2.05) is 19.1 Å². The summed E-state index contributed by atoms with van der Waals surface area (Å²) in [5, 5.41) is 8.50. The van der Waals surface area contributed by atoms with E-state index in [0.29, 0.717) is 6.42 Å². The number of aryl methyl sites for hydroxylation is 1. The Bertz CT molecular complexity index is 326. The molecule has 0 amide bonds. The molecule has 14 heavy (non-hydrogen) atoms. The summed E-state index contributed by atoms with van der Waals surface area (Å²) >= 11 is 0. The Morgan fingerprint density at radius 3 is 3.00 bits per heavy atom. The van der Waals surface area contributed by atoms with E-state index in [1.165, 1.54) is 0 Å². The first-order chi connectivity index (χ1) is 6.59. The van der Waals surface area contributed by atoms with Crippen molar-refractivity contribution < 1.29 is 9.90 Å². The average Bonchev–Trinajstić information content (AvgIpc) is 2.14. The second-order valence-corrected chi connectivity index (χ2v) is 3.27. The lowest BCUT2D eigenvalue weighted by Crippen LogP contribution is -2.12. The summed E-state index contributed by atoms with van der Waals surface area (Å²) in [5.74, 6) is -0.814. The second kappa shape index (κ2) is 4.72. The predicted molar refractivity (Wildman–Crippen MR) is 52.8 cm³/mol. The number of nitrogens with zero attached hydrogens (tertiary/aromatic N) is 1. The fourth-order valence-corrected chi connectivity index (χ4v) is 1.24. The first kappa shape index (κ1) is 10.7. The molecule has 0 spiro atoms. The van der Waals surface area contributed by atoms with Crippen LogP contribution < -0.4 is 5.73 Å². The highest BCUT2D eigenvalue weighted by Crippen LogP contribution is 2.15. The van der Waals surface area contributed by atoms with Crippen LogP contribution in [0.4, 0.5) is 0 Å². The van der Waals surface area contributed by atoms with Crippen LogP contribution in [0.3, 0.4) is 0 Å². The number of aromatic nitrogens is 1. The molecule has 4 nitrogen and oxygen atoms in total. The molecule has 1 aromatic heterocycles. The summed E-state index contributed by atoms with van der Waals surface area (Å²) in [4.78, 5) is 14.4. The van der Waals surface area contributed by atoms with Gasteiger partial charge in [0.2, 0.25) is 0 Å². The van der Waals surface area contributed by atoms with Gasteiger partial charge in [0.1, 0.15) is 0 Å². The standard InChI is InChI=1S/C10H14N2O2/c1-7-6-8(4-5-12-7)9(11)2-3-10(13)14/h4-6,9H,2-3,11H2,1H3,(H,13,14)/t9-/m1/s1. The zero-order valence-electron chi connectivity index (χ0n) is 8.10. The molecular weight excluding hydrogens is 180 g/mol. The maximum atomic E-state index is 10.3. The first-order valence-corrected chi connectivity index (χ1v) is 4.49. The summed E-state index contributed by atoms with van der Waals surface area (Å²) in [7, 11) is 0. The number of rotatable bonds is 4. The fourth-order valence-electron chi connectivity index (χ4n) is 1.24. The van der Waals surface area contributed by atoms with Crippen LogP contribution in [0.15, 0.2) is 18.3 Å². The fraction of sp³-hybridized carbons (Fsp3) is 0.400. The van der Waals surface area contributed by atoms with Crippen LogP contribution in [0.1, 0.15) is 30.1 Å². The highest BCUT2D eigenvalue weighted by Gasteiger charge is 2.08. The van der Waals surface area contributed by atoms with Crippen molar-refractivity contribution in [1.82, 2.24) is 4.98 Å². The maximum Gasteiger partial charge on any atom is 0.303 e. The quantitative estimate of drug-likeness (QED) is 0.756. The van der Waals surface area contributed by atoms with Gasteiger partial charge in [-0.05, 0) is 31.0 Å². The minimum atomic E-state index is -0.814.